The Balaban J connectivity index is 0.00000625. The number of pyridine rings is 1. The monoisotopic (exact) mass is 1080 g/mol. The van der Waals surface area contributed by atoms with Gasteiger partial charge in [0.25, 0.3) is 6.33 Å². The molecule has 0 N–H and O–H groups in total. The van der Waals surface area contributed by atoms with Crippen LogP contribution in [0.15, 0.2) is 152 Å². The molecule has 0 saturated carbocycles. The summed E-state index contributed by atoms with van der Waals surface area (Å²) in [5.74, 6) is 2.05. The second-order valence-electron chi connectivity index (χ2n) is 22.4. The van der Waals surface area contributed by atoms with Crippen LogP contribution < -0.4 is 9.30 Å². The van der Waals surface area contributed by atoms with Crippen molar-refractivity contribution in [2.24, 2.45) is 0 Å². The third-order valence-corrected chi connectivity index (χ3v) is 13.7. The predicted octanol–water partition coefficient (Wildman–Crippen LogP) is 15.0. The first-order valence-corrected chi connectivity index (χ1v) is 23.6. The number of fused-ring (bicyclic) bond motifs is 3. The molecule has 0 unspecified atom stereocenters. The molecule has 0 aliphatic heterocycles. The zero-order valence-electron chi connectivity index (χ0n) is 41.9. The summed E-state index contributed by atoms with van der Waals surface area (Å²) in [6, 6.07) is 57.4. The van der Waals surface area contributed by atoms with E-state index < -0.39 is 5.41 Å². The van der Waals surface area contributed by atoms with Crippen LogP contribution >= 0.6 is 0 Å². The van der Waals surface area contributed by atoms with Gasteiger partial charge in [0.15, 0.2) is 0 Å². The Hall–Kier alpha value is -6.03. The molecule has 0 saturated heterocycles. The fraction of sp³-hybridized carbons (Fsp3) is 0.290. The van der Waals surface area contributed by atoms with Crippen LogP contribution in [0.2, 0.25) is 0 Å². The molecule has 0 fully saturated rings. The molecule has 0 aliphatic rings. The van der Waals surface area contributed by atoms with E-state index >= 15 is 0 Å². The van der Waals surface area contributed by atoms with Gasteiger partial charge in [-0.05, 0) is 85.5 Å². The van der Waals surface area contributed by atoms with E-state index in [-0.39, 0.29) is 42.7 Å². The molecule has 0 amide bonds. The minimum absolute atomic E-state index is 0. The van der Waals surface area contributed by atoms with E-state index in [1.54, 1.807) is 0 Å². The summed E-state index contributed by atoms with van der Waals surface area (Å²) in [7, 11) is 0. The zero-order chi connectivity index (χ0) is 47.7. The first kappa shape index (κ1) is 48.4. The topological polar surface area (TPSA) is 35.9 Å². The molecular weight excluding hydrogens is 1010 g/mol. The summed E-state index contributed by atoms with van der Waals surface area (Å²) in [4.78, 5) is 4.90. The molecule has 9 aromatic rings. The molecule has 6 aromatic carbocycles. The van der Waals surface area contributed by atoms with Crippen molar-refractivity contribution in [1.29, 1.82) is 0 Å². The minimum Gasteiger partial charge on any atom is -0.510 e. The van der Waals surface area contributed by atoms with Crippen LogP contribution in [-0.2, 0) is 48.1 Å². The van der Waals surface area contributed by atoms with E-state index in [0.717, 1.165) is 50.3 Å². The third-order valence-electron chi connectivity index (χ3n) is 13.7. The third kappa shape index (κ3) is 9.27. The van der Waals surface area contributed by atoms with Gasteiger partial charge < -0.3 is 13.9 Å². The molecule has 0 aliphatic carbocycles. The SMILES string of the molecule is CC(C)(C)c1cc(Oc2[c-]c3c(cc2)c2ccccc2n3-c2cc(C(C)(C)C)ccn2)[c-]c(-n2[c-][n+](-c3cc(C(C)(C)C)cc(C(C)(C)c4ccccc4)c3)cc2C(C)(C)c2ccccc2)c1.[Pt]. The zero-order valence-corrected chi connectivity index (χ0v) is 44.2. The predicted molar refractivity (Wildman–Crippen MR) is 276 cm³/mol. The minimum atomic E-state index is -0.423. The number of aromatic nitrogens is 4. The van der Waals surface area contributed by atoms with Crippen molar-refractivity contribution >= 4 is 21.8 Å². The van der Waals surface area contributed by atoms with Gasteiger partial charge >= 0.3 is 0 Å². The van der Waals surface area contributed by atoms with Gasteiger partial charge in [0.05, 0.1) is 11.4 Å². The fourth-order valence-electron chi connectivity index (χ4n) is 9.13. The number of imidazole rings is 1. The number of nitrogens with zero attached hydrogens (tertiary/aromatic N) is 4. The maximum Gasteiger partial charge on any atom is 0.267 e. The second kappa shape index (κ2) is 17.8. The number of ether oxygens (including phenoxy) is 1. The number of hydrogen-bond acceptors (Lipinski definition) is 2. The van der Waals surface area contributed by atoms with E-state index in [9.17, 15) is 0 Å². The van der Waals surface area contributed by atoms with Gasteiger partial charge in [-0.3, -0.25) is 4.57 Å². The smallest absolute Gasteiger partial charge is 0.267 e. The molecule has 9 rings (SSSR count). The van der Waals surface area contributed by atoms with Crippen LogP contribution in [0.1, 0.15) is 129 Å². The van der Waals surface area contributed by atoms with Crippen molar-refractivity contribution in [2.75, 3.05) is 0 Å². The fourth-order valence-corrected chi connectivity index (χ4v) is 9.13. The van der Waals surface area contributed by atoms with Crippen LogP contribution in [0, 0.1) is 18.5 Å². The standard InChI is InChI=1S/C62H64N4O.Pt/c1-58(2,3)44-30-31-63-57(37-44)66-54-27-21-20-26-52(54)53-29-28-50(39-55(53)66)67-51-36-46(60(7,8)9)34-49(38-51)65-41-64(40-56(65)62(12,13)43-24-18-15-19-25-43)48-33-45(59(4,5)6)32-47(35-48)61(10,11)42-22-16-14-17-23-42;/h14-37,40H,1-13H3;/q-2;. The quantitative estimate of drug-likeness (QED) is 0.107. The first-order valence-electron chi connectivity index (χ1n) is 23.6. The molecule has 68 heavy (non-hydrogen) atoms. The normalized spacial score (nSPS) is 12.7. The van der Waals surface area contributed by atoms with Crippen molar-refractivity contribution in [3.63, 3.8) is 0 Å². The Morgan fingerprint density at radius 2 is 1.09 bits per heavy atom. The maximum absolute atomic E-state index is 6.92. The Bertz CT molecular complexity index is 3260. The average molecular weight is 1080 g/mol. The number of para-hydroxylation sites is 1. The van der Waals surface area contributed by atoms with Crippen molar-refractivity contribution in [2.45, 2.75) is 117 Å². The largest absolute Gasteiger partial charge is 0.510 e. The first-order chi connectivity index (χ1) is 31.6. The van der Waals surface area contributed by atoms with Gasteiger partial charge in [0.2, 0.25) is 0 Å². The summed E-state index contributed by atoms with van der Waals surface area (Å²) in [6.45, 7) is 29.5. The maximum atomic E-state index is 6.92. The molecule has 350 valence electrons. The average Bonchev–Trinajstić information content (AvgIpc) is 3.90. The van der Waals surface area contributed by atoms with E-state index in [1.807, 2.05) is 12.3 Å². The van der Waals surface area contributed by atoms with Crippen LogP contribution in [0.5, 0.6) is 11.5 Å². The van der Waals surface area contributed by atoms with Gasteiger partial charge in [-0.2, -0.15) is 17.7 Å². The Morgan fingerprint density at radius 3 is 1.74 bits per heavy atom. The van der Waals surface area contributed by atoms with E-state index in [1.165, 1.54) is 27.8 Å². The van der Waals surface area contributed by atoms with Crippen LogP contribution in [0.3, 0.4) is 0 Å². The molecule has 3 aromatic heterocycles. The van der Waals surface area contributed by atoms with Crippen molar-refractivity contribution in [3.8, 4) is 28.7 Å². The second-order valence-corrected chi connectivity index (χ2v) is 22.4. The molecule has 0 radical (unpaired) electrons. The van der Waals surface area contributed by atoms with Crippen LogP contribution in [-0.4, -0.2) is 14.1 Å². The number of rotatable bonds is 9. The summed E-state index contributed by atoms with van der Waals surface area (Å²) < 4.78 is 13.5. The Morgan fingerprint density at radius 1 is 0.500 bits per heavy atom. The van der Waals surface area contributed by atoms with Crippen molar-refractivity contribution in [3.05, 3.63) is 209 Å². The van der Waals surface area contributed by atoms with Crippen molar-refractivity contribution < 1.29 is 30.4 Å². The number of benzene rings is 6. The molecule has 3 heterocycles. The summed E-state index contributed by atoms with van der Waals surface area (Å²) in [6.07, 6.45) is 8.03. The Labute approximate surface area is 419 Å². The molecule has 5 nitrogen and oxygen atoms in total. The molecule has 6 heteroatoms. The summed E-state index contributed by atoms with van der Waals surface area (Å²) in [5.41, 5.74) is 11.3. The van der Waals surface area contributed by atoms with Gasteiger partial charge in [0.1, 0.15) is 5.82 Å². The van der Waals surface area contributed by atoms with E-state index in [0.29, 0.717) is 11.5 Å². The van der Waals surface area contributed by atoms with Gasteiger partial charge in [0, 0.05) is 61.3 Å². The van der Waals surface area contributed by atoms with Crippen LogP contribution in [0.25, 0.3) is 39.0 Å². The van der Waals surface area contributed by atoms with Crippen LogP contribution in [0.4, 0.5) is 0 Å². The molecular formula is C62H64N4OPt-2. The van der Waals surface area contributed by atoms with E-state index in [4.69, 9.17) is 9.72 Å². The summed E-state index contributed by atoms with van der Waals surface area (Å²) >= 11 is 0. The Kier molecular flexibility index (Phi) is 12.7. The van der Waals surface area contributed by atoms with E-state index in [2.05, 4.69) is 262 Å². The number of hydrogen-bond donors (Lipinski definition) is 0. The molecule has 0 bridgehead atoms. The summed E-state index contributed by atoms with van der Waals surface area (Å²) in [5, 5.41) is 2.23. The molecule has 0 spiro atoms. The van der Waals surface area contributed by atoms with Gasteiger partial charge in [-0.1, -0.05) is 180 Å². The van der Waals surface area contributed by atoms with Gasteiger partial charge in [-0.15, -0.1) is 29.7 Å². The van der Waals surface area contributed by atoms with Gasteiger partial charge in [-0.25, -0.2) is 4.98 Å². The van der Waals surface area contributed by atoms with Crippen molar-refractivity contribution in [1.82, 2.24) is 14.1 Å². The molecule has 0 atom stereocenters.